The molecule has 0 bridgehead atoms. The van der Waals surface area contributed by atoms with Gasteiger partial charge in [-0.25, -0.2) is 9.29 Å². The third-order valence-electron chi connectivity index (χ3n) is 6.28. The minimum absolute atomic E-state index is 0.0911. The molecule has 7 nitrogen and oxygen atoms in total. The number of anilines is 1. The summed E-state index contributed by atoms with van der Waals surface area (Å²) in [6.45, 7) is 0. The molecule has 1 aliphatic heterocycles. The molecule has 12 heteroatoms. The number of carbonyl (C=O) groups excluding carboxylic acids is 2. The molecule has 1 aromatic heterocycles. The zero-order valence-corrected chi connectivity index (χ0v) is 17.8. The molecule has 2 heterocycles. The van der Waals surface area contributed by atoms with E-state index < -0.39 is 46.7 Å². The van der Waals surface area contributed by atoms with E-state index >= 15 is 0 Å². The standard InChI is InChI=1S/C21H15F4N5O2S/c1-29(11-26)16(31)14-9-13(4-5-15(14)22)30-18(33)28-17(32)20(30)7-6-19(20,21(23,24)25)12-3-2-8-27-10-12/h2-5,8-10H,6-7H2,1H3,(H,28,32,33). The number of carbonyl (C=O) groups is 2. The number of rotatable bonds is 3. The molecule has 2 aliphatic rings. The van der Waals surface area contributed by atoms with E-state index in [1.165, 1.54) is 18.3 Å². The normalized spacial score (nSPS) is 24.3. The fourth-order valence-electron chi connectivity index (χ4n) is 4.67. The summed E-state index contributed by atoms with van der Waals surface area (Å²) in [4.78, 5) is 30.9. The summed E-state index contributed by atoms with van der Waals surface area (Å²) in [5.74, 6) is -2.93. The first kappa shape index (κ1) is 22.6. The second-order valence-corrected chi connectivity index (χ2v) is 8.11. The van der Waals surface area contributed by atoms with Gasteiger partial charge in [-0.05, 0) is 54.9 Å². The predicted octanol–water partition coefficient (Wildman–Crippen LogP) is 3.03. The van der Waals surface area contributed by atoms with E-state index in [1.807, 2.05) is 0 Å². The molecule has 4 rings (SSSR count). The lowest BCUT2D eigenvalue weighted by atomic mass is 9.50. The van der Waals surface area contributed by atoms with Crippen LogP contribution in [0.15, 0.2) is 42.7 Å². The molecule has 1 saturated carbocycles. The second-order valence-electron chi connectivity index (χ2n) is 7.73. The maximum atomic E-state index is 14.7. The van der Waals surface area contributed by atoms with E-state index in [4.69, 9.17) is 17.5 Å². The number of benzene rings is 1. The highest BCUT2D eigenvalue weighted by atomic mass is 32.1. The Kier molecular flexibility index (Phi) is 5.12. The lowest BCUT2D eigenvalue weighted by molar-refractivity contribution is -0.235. The highest BCUT2D eigenvalue weighted by Crippen LogP contribution is 2.64. The van der Waals surface area contributed by atoms with Gasteiger partial charge in [0, 0.05) is 25.1 Å². The van der Waals surface area contributed by atoms with Crippen molar-refractivity contribution in [1.82, 2.24) is 15.2 Å². The zero-order chi connectivity index (χ0) is 24.2. The van der Waals surface area contributed by atoms with Crippen molar-refractivity contribution in [3.8, 4) is 6.19 Å². The zero-order valence-electron chi connectivity index (χ0n) is 17.0. The summed E-state index contributed by atoms with van der Waals surface area (Å²) in [5, 5.41) is 10.9. The third-order valence-corrected chi connectivity index (χ3v) is 6.56. The Bertz CT molecular complexity index is 1220. The first-order valence-electron chi connectivity index (χ1n) is 9.61. The molecule has 2 fully saturated rings. The van der Waals surface area contributed by atoms with Crippen molar-refractivity contribution in [2.45, 2.75) is 30.0 Å². The lowest BCUT2D eigenvalue weighted by Crippen LogP contribution is -2.76. The molecule has 2 aromatic rings. The molecule has 1 spiro atoms. The largest absolute Gasteiger partial charge is 0.401 e. The molecule has 1 saturated heterocycles. The number of nitrogens with zero attached hydrogens (tertiary/aromatic N) is 4. The second kappa shape index (κ2) is 7.48. The van der Waals surface area contributed by atoms with Crippen LogP contribution in [0.25, 0.3) is 0 Å². The van der Waals surface area contributed by atoms with Crippen molar-refractivity contribution >= 4 is 34.8 Å². The third kappa shape index (κ3) is 2.92. The highest BCUT2D eigenvalue weighted by molar-refractivity contribution is 7.80. The van der Waals surface area contributed by atoms with Gasteiger partial charge in [0.25, 0.3) is 11.8 Å². The van der Waals surface area contributed by atoms with Crippen LogP contribution in [0, 0.1) is 17.3 Å². The van der Waals surface area contributed by atoms with Crippen LogP contribution in [-0.2, 0) is 10.2 Å². The maximum Gasteiger partial charge on any atom is 0.401 e. The Morgan fingerprint density at radius 3 is 2.61 bits per heavy atom. The summed E-state index contributed by atoms with van der Waals surface area (Å²) in [7, 11) is 1.12. The summed E-state index contributed by atoms with van der Waals surface area (Å²) >= 11 is 5.21. The van der Waals surface area contributed by atoms with Crippen molar-refractivity contribution < 1.29 is 27.2 Å². The van der Waals surface area contributed by atoms with Crippen LogP contribution in [-0.4, -0.2) is 45.6 Å². The number of aromatic nitrogens is 1. The van der Waals surface area contributed by atoms with Crippen LogP contribution < -0.4 is 10.2 Å². The first-order chi connectivity index (χ1) is 15.5. The molecular weight excluding hydrogens is 462 g/mol. The van der Waals surface area contributed by atoms with Crippen molar-refractivity contribution in [2.24, 2.45) is 0 Å². The Balaban J connectivity index is 1.94. The summed E-state index contributed by atoms with van der Waals surface area (Å²) in [5.41, 5.74) is -5.71. The number of pyridine rings is 1. The van der Waals surface area contributed by atoms with Crippen LogP contribution in [0.4, 0.5) is 23.2 Å². The van der Waals surface area contributed by atoms with Gasteiger partial charge in [0.05, 0.1) is 5.56 Å². The number of hydrogen-bond donors (Lipinski definition) is 1. The average Bonchev–Trinajstić information content (AvgIpc) is 3.04. The molecule has 33 heavy (non-hydrogen) atoms. The average molecular weight is 477 g/mol. The number of amides is 2. The minimum atomic E-state index is -4.87. The van der Waals surface area contributed by atoms with E-state index in [2.05, 4.69) is 10.3 Å². The Hall–Kier alpha value is -3.59. The van der Waals surface area contributed by atoms with Crippen LogP contribution in [0.2, 0.25) is 0 Å². The maximum absolute atomic E-state index is 14.7. The van der Waals surface area contributed by atoms with Gasteiger partial charge >= 0.3 is 6.18 Å². The monoisotopic (exact) mass is 477 g/mol. The Morgan fingerprint density at radius 1 is 1.33 bits per heavy atom. The first-order valence-corrected chi connectivity index (χ1v) is 10.0. The summed E-state index contributed by atoms with van der Waals surface area (Å²) in [6.07, 6.45) is -1.56. The van der Waals surface area contributed by atoms with E-state index in [0.29, 0.717) is 4.90 Å². The molecule has 1 aromatic carbocycles. The molecular formula is C21H15F4N5O2S. The van der Waals surface area contributed by atoms with Crippen LogP contribution >= 0.6 is 12.2 Å². The van der Waals surface area contributed by atoms with Gasteiger partial charge in [-0.3, -0.25) is 14.6 Å². The fraction of sp³-hybridized carbons (Fsp3) is 0.286. The molecule has 1 aliphatic carbocycles. The number of halogens is 4. The van der Waals surface area contributed by atoms with Gasteiger partial charge in [0.15, 0.2) is 11.3 Å². The topological polar surface area (TPSA) is 89.3 Å². The SMILES string of the molecule is CN(C#N)C(=O)c1cc(N2C(=S)NC(=O)C23CCC3(c2cccnc2)C(F)(F)F)ccc1F. The van der Waals surface area contributed by atoms with Crippen LogP contribution in [0.5, 0.6) is 0 Å². The van der Waals surface area contributed by atoms with Crippen molar-refractivity contribution in [3.63, 3.8) is 0 Å². The molecule has 0 radical (unpaired) electrons. The van der Waals surface area contributed by atoms with Crippen LogP contribution in [0.1, 0.15) is 28.8 Å². The van der Waals surface area contributed by atoms with Gasteiger partial charge in [-0.15, -0.1) is 0 Å². The summed E-state index contributed by atoms with van der Waals surface area (Å²) < 4.78 is 58.5. The number of thiocarbonyl (C=S) groups is 1. The molecule has 1 N–H and O–H groups in total. The van der Waals surface area contributed by atoms with E-state index in [1.54, 1.807) is 6.19 Å². The molecule has 2 atom stereocenters. The van der Waals surface area contributed by atoms with Crippen molar-refractivity contribution in [1.29, 1.82) is 5.26 Å². The van der Waals surface area contributed by atoms with Gasteiger partial charge < -0.3 is 10.2 Å². The number of nitriles is 1. The van der Waals surface area contributed by atoms with Crippen molar-refractivity contribution in [2.75, 3.05) is 11.9 Å². The predicted molar refractivity (Wildman–Crippen MR) is 111 cm³/mol. The summed E-state index contributed by atoms with van der Waals surface area (Å²) in [6, 6.07) is 5.59. The van der Waals surface area contributed by atoms with Crippen LogP contribution in [0.3, 0.4) is 0 Å². The minimum Gasteiger partial charge on any atom is -0.302 e. The Labute approximate surface area is 190 Å². The quantitative estimate of drug-likeness (QED) is 0.317. The fourth-order valence-corrected chi connectivity index (χ4v) is 5.03. The number of hydrogen-bond acceptors (Lipinski definition) is 5. The van der Waals surface area contributed by atoms with Gasteiger partial charge in [0.1, 0.15) is 16.8 Å². The highest BCUT2D eigenvalue weighted by Gasteiger charge is 2.80. The Morgan fingerprint density at radius 2 is 2.06 bits per heavy atom. The lowest BCUT2D eigenvalue weighted by Gasteiger charge is -2.59. The van der Waals surface area contributed by atoms with Crippen molar-refractivity contribution in [3.05, 3.63) is 59.7 Å². The van der Waals surface area contributed by atoms with Gasteiger partial charge in [-0.2, -0.15) is 18.4 Å². The molecule has 2 unspecified atom stereocenters. The van der Waals surface area contributed by atoms with Gasteiger partial charge in [-0.1, -0.05) is 6.07 Å². The van der Waals surface area contributed by atoms with E-state index in [0.717, 1.165) is 36.3 Å². The number of nitrogens with one attached hydrogen (secondary N) is 1. The number of alkyl halides is 3. The molecule has 2 amide bonds. The van der Waals surface area contributed by atoms with E-state index in [-0.39, 0.29) is 22.8 Å². The smallest absolute Gasteiger partial charge is 0.302 e. The molecule has 170 valence electrons. The van der Waals surface area contributed by atoms with E-state index in [9.17, 15) is 27.2 Å². The van der Waals surface area contributed by atoms with Gasteiger partial charge in [0.2, 0.25) is 0 Å².